The lowest BCUT2D eigenvalue weighted by Gasteiger charge is -2.04. The van der Waals surface area contributed by atoms with Crippen LogP contribution in [0.5, 0.6) is 5.75 Å². The molecule has 1 heterocycles. The first-order chi connectivity index (χ1) is 10.8. The summed E-state index contributed by atoms with van der Waals surface area (Å²) < 4.78 is 5.43. The molecule has 0 spiro atoms. The lowest BCUT2D eigenvalue weighted by molar-refractivity contribution is 0.112. The van der Waals surface area contributed by atoms with E-state index < -0.39 is 0 Å². The largest absolute Gasteiger partial charge is 0.494 e. The summed E-state index contributed by atoms with van der Waals surface area (Å²) in [6.07, 6.45) is 0.825. The van der Waals surface area contributed by atoms with E-state index >= 15 is 0 Å². The molecule has 3 rings (SSSR count). The molecule has 2 aromatic carbocycles. The first-order valence-corrected chi connectivity index (χ1v) is 7.01. The molecule has 0 amide bonds. The number of carbonyl (C=O) groups excluding carboxylic acids is 1. The second kappa shape index (κ2) is 5.74. The minimum absolute atomic E-state index is 0.535. The van der Waals surface area contributed by atoms with Crippen molar-refractivity contribution < 1.29 is 9.53 Å². The van der Waals surface area contributed by atoms with E-state index in [2.05, 4.69) is 11.1 Å². The van der Waals surface area contributed by atoms with Crippen molar-refractivity contribution in [2.24, 2.45) is 0 Å². The van der Waals surface area contributed by atoms with Crippen LogP contribution in [0.3, 0.4) is 0 Å². The van der Waals surface area contributed by atoms with Crippen molar-refractivity contribution in [2.75, 3.05) is 6.61 Å². The van der Waals surface area contributed by atoms with Crippen molar-refractivity contribution in [2.45, 2.75) is 6.92 Å². The fourth-order valence-electron chi connectivity index (χ4n) is 2.52. The van der Waals surface area contributed by atoms with Crippen LogP contribution < -0.4 is 4.74 Å². The first-order valence-electron chi connectivity index (χ1n) is 7.01. The van der Waals surface area contributed by atoms with E-state index in [0.29, 0.717) is 17.7 Å². The molecule has 0 bridgehead atoms. The topological polar surface area (TPSA) is 65.9 Å². The second-order valence-electron chi connectivity index (χ2n) is 4.86. The summed E-state index contributed by atoms with van der Waals surface area (Å²) in [5, 5.41) is 9.77. The first kappa shape index (κ1) is 13.9. The molecule has 0 saturated carbocycles. The monoisotopic (exact) mass is 290 g/mol. The van der Waals surface area contributed by atoms with Gasteiger partial charge < -0.3 is 9.72 Å². The van der Waals surface area contributed by atoms with Gasteiger partial charge in [-0.25, -0.2) is 0 Å². The number of nitrogens with one attached hydrogen (secondary N) is 1. The van der Waals surface area contributed by atoms with Crippen LogP contribution in [0.2, 0.25) is 0 Å². The number of hydrogen-bond donors (Lipinski definition) is 1. The van der Waals surface area contributed by atoms with E-state index in [1.165, 1.54) is 0 Å². The van der Waals surface area contributed by atoms with Crippen LogP contribution in [0.25, 0.3) is 22.2 Å². The number of carbonyl (C=O) groups is 1. The Hall–Kier alpha value is -3.06. The number of hydrogen-bond acceptors (Lipinski definition) is 3. The molecule has 0 aliphatic rings. The zero-order chi connectivity index (χ0) is 15.5. The van der Waals surface area contributed by atoms with Gasteiger partial charge >= 0.3 is 0 Å². The normalized spacial score (nSPS) is 10.4. The number of aromatic nitrogens is 1. The second-order valence-corrected chi connectivity index (χ2v) is 4.86. The van der Waals surface area contributed by atoms with Crippen LogP contribution in [0, 0.1) is 11.3 Å². The van der Waals surface area contributed by atoms with Crippen molar-refractivity contribution in [3.8, 4) is 23.1 Å². The molecule has 0 aliphatic carbocycles. The van der Waals surface area contributed by atoms with Crippen molar-refractivity contribution in [1.29, 1.82) is 5.26 Å². The van der Waals surface area contributed by atoms with Crippen molar-refractivity contribution in [3.05, 3.63) is 53.6 Å². The summed E-state index contributed by atoms with van der Waals surface area (Å²) in [6.45, 7) is 2.55. The molecule has 4 heteroatoms. The molecular formula is C18H14N2O2. The van der Waals surface area contributed by atoms with Crippen molar-refractivity contribution in [3.63, 3.8) is 0 Å². The Kier molecular flexibility index (Phi) is 3.63. The van der Waals surface area contributed by atoms with Crippen LogP contribution >= 0.6 is 0 Å². The molecule has 108 valence electrons. The van der Waals surface area contributed by atoms with Gasteiger partial charge in [0.1, 0.15) is 5.75 Å². The zero-order valence-electron chi connectivity index (χ0n) is 12.1. The van der Waals surface area contributed by atoms with E-state index in [9.17, 15) is 4.79 Å². The molecule has 0 atom stereocenters. The van der Waals surface area contributed by atoms with E-state index in [-0.39, 0.29) is 0 Å². The SMILES string of the molecule is CCOc1ccc(-c2[nH]c3ccc(C#N)cc3c2C=O)cc1. The molecular weight excluding hydrogens is 276 g/mol. The fourth-order valence-corrected chi connectivity index (χ4v) is 2.52. The lowest BCUT2D eigenvalue weighted by Crippen LogP contribution is -1.91. The summed E-state index contributed by atoms with van der Waals surface area (Å²) in [7, 11) is 0. The number of nitriles is 1. The molecule has 22 heavy (non-hydrogen) atoms. The van der Waals surface area contributed by atoms with Gasteiger partial charge in [-0.05, 0) is 55.0 Å². The van der Waals surface area contributed by atoms with Crippen LogP contribution in [0.4, 0.5) is 0 Å². The lowest BCUT2D eigenvalue weighted by atomic mass is 10.0. The molecule has 0 saturated heterocycles. The number of nitrogens with zero attached hydrogens (tertiary/aromatic N) is 1. The van der Waals surface area contributed by atoms with Gasteiger partial charge in [0.15, 0.2) is 6.29 Å². The van der Waals surface area contributed by atoms with E-state index in [1.807, 2.05) is 37.3 Å². The Labute approximate surface area is 128 Å². The predicted octanol–water partition coefficient (Wildman–Crippen LogP) is 3.92. The zero-order valence-corrected chi connectivity index (χ0v) is 12.1. The maximum absolute atomic E-state index is 11.5. The van der Waals surface area contributed by atoms with Gasteiger partial charge in [0, 0.05) is 16.5 Å². The van der Waals surface area contributed by atoms with Crippen LogP contribution in [-0.4, -0.2) is 17.9 Å². The Morgan fingerprint density at radius 2 is 2.00 bits per heavy atom. The number of aromatic amines is 1. The highest BCUT2D eigenvalue weighted by atomic mass is 16.5. The fraction of sp³-hybridized carbons (Fsp3) is 0.111. The third-order valence-corrected chi connectivity index (χ3v) is 3.54. The smallest absolute Gasteiger partial charge is 0.152 e. The number of H-pyrrole nitrogens is 1. The third kappa shape index (κ3) is 2.33. The van der Waals surface area contributed by atoms with Gasteiger partial charge in [-0.3, -0.25) is 4.79 Å². The third-order valence-electron chi connectivity index (χ3n) is 3.54. The average molecular weight is 290 g/mol. The quantitative estimate of drug-likeness (QED) is 0.741. The molecule has 3 aromatic rings. The number of ether oxygens (including phenoxy) is 1. The van der Waals surface area contributed by atoms with E-state index in [1.54, 1.807) is 12.1 Å². The van der Waals surface area contributed by atoms with Gasteiger partial charge in [0.25, 0.3) is 0 Å². The summed E-state index contributed by atoms with van der Waals surface area (Å²) >= 11 is 0. The summed E-state index contributed by atoms with van der Waals surface area (Å²) in [6, 6.07) is 14.9. The summed E-state index contributed by atoms with van der Waals surface area (Å²) in [5.41, 5.74) is 3.59. The highest BCUT2D eigenvalue weighted by Crippen LogP contribution is 2.30. The predicted molar refractivity (Wildman–Crippen MR) is 85.0 cm³/mol. The highest BCUT2D eigenvalue weighted by molar-refractivity contribution is 6.04. The van der Waals surface area contributed by atoms with Crippen molar-refractivity contribution >= 4 is 17.2 Å². The average Bonchev–Trinajstić information content (AvgIpc) is 2.93. The van der Waals surface area contributed by atoms with Gasteiger partial charge in [-0.2, -0.15) is 5.26 Å². The number of aldehydes is 1. The molecule has 0 fully saturated rings. The van der Waals surface area contributed by atoms with E-state index in [0.717, 1.165) is 34.2 Å². The Morgan fingerprint density at radius 1 is 1.23 bits per heavy atom. The molecule has 4 nitrogen and oxygen atoms in total. The number of rotatable bonds is 4. The van der Waals surface area contributed by atoms with Crippen LogP contribution in [0.1, 0.15) is 22.8 Å². The van der Waals surface area contributed by atoms with Crippen LogP contribution in [0.15, 0.2) is 42.5 Å². The summed E-state index contributed by atoms with van der Waals surface area (Å²) in [5.74, 6) is 0.793. The molecule has 0 radical (unpaired) electrons. The Morgan fingerprint density at radius 3 is 2.64 bits per heavy atom. The van der Waals surface area contributed by atoms with Gasteiger partial charge in [0.2, 0.25) is 0 Å². The molecule has 1 aromatic heterocycles. The maximum Gasteiger partial charge on any atom is 0.152 e. The highest BCUT2D eigenvalue weighted by Gasteiger charge is 2.13. The maximum atomic E-state index is 11.5. The van der Waals surface area contributed by atoms with Gasteiger partial charge in [-0.15, -0.1) is 0 Å². The van der Waals surface area contributed by atoms with E-state index in [4.69, 9.17) is 10.00 Å². The molecule has 0 aliphatic heterocycles. The standard InChI is InChI=1S/C18H14N2O2/c1-2-22-14-6-4-13(5-7-14)18-16(11-21)15-9-12(10-19)3-8-17(15)20-18/h3-9,11,20H,2H2,1H3. The Bertz CT molecular complexity index is 870. The number of fused-ring (bicyclic) bond motifs is 1. The minimum Gasteiger partial charge on any atom is -0.494 e. The molecule has 1 N–H and O–H groups in total. The molecule has 0 unspecified atom stereocenters. The van der Waals surface area contributed by atoms with Gasteiger partial charge in [-0.1, -0.05) is 0 Å². The Balaban J connectivity index is 2.14. The van der Waals surface area contributed by atoms with Gasteiger partial charge in [0.05, 0.1) is 23.9 Å². The van der Waals surface area contributed by atoms with Crippen molar-refractivity contribution in [1.82, 2.24) is 4.98 Å². The minimum atomic E-state index is 0.535. The summed E-state index contributed by atoms with van der Waals surface area (Å²) in [4.78, 5) is 14.8. The number of benzene rings is 2. The van der Waals surface area contributed by atoms with Crippen LogP contribution in [-0.2, 0) is 0 Å².